The van der Waals surface area contributed by atoms with Crippen LogP contribution in [0, 0.1) is 11.3 Å². The molecule has 6 nitrogen and oxygen atoms in total. The quantitative estimate of drug-likeness (QED) is 0.819. The van der Waals surface area contributed by atoms with Gasteiger partial charge >= 0.3 is 0 Å². The zero-order valence-corrected chi connectivity index (χ0v) is 11.1. The molecule has 1 fully saturated rings. The Balaban J connectivity index is 1.93. The van der Waals surface area contributed by atoms with Crippen molar-refractivity contribution in [2.24, 2.45) is 0 Å². The summed E-state index contributed by atoms with van der Waals surface area (Å²) < 4.78 is 5.26. The summed E-state index contributed by atoms with van der Waals surface area (Å²) in [5.41, 5.74) is 1.10. The number of nitrogens with one attached hydrogen (secondary N) is 1. The Labute approximate surface area is 117 Å². The maximum Gasteiger partial charge on any atom is 0.238 e. The number of aliphatic hydroxyl groups is 1. The van der Waals surface area contributed by atoms with Gasteiger partial charge in [-0.25, -0.2) is 0 Å². The minimum Gasteiger partial charge on any atom is -0.395 e. The summed E-state index contributed by atoms with van der Waals surface area (Å²) in [4.78, 5) is 13.9. The van der Waals surface area contributed by atoms with Crippen LogP contribution in [-0.4, -0.2) is 54.9 Å². The van der Waals surface area contributed by atoms with Crippen molar-refractivity contribution in [3.8, 4) is 6.07 Å². The van der Waals surface area contributed by atoms with Crippen molar-refractivity contribution in [1.82, 2.24) is 4.90 Å². The number of hydrogen-bond donors (Lipinski definition) is 2. The van der Waals surface area contributed by atoms with Gasteiger partial charge in [0.2, 0.25) is 5.91 Å². The van der Waals surface area contributed by atoms with E-state index in [0.717, 1.165) is 0 Å². The van der Waals surface area contributed by atoms with Gasteiger partial charge in [-0.2, -0.15) is 5.26 Å². The Morgan fingerprint density at radius 1 is 1.60 bits per heavy atom. The van der Waals surface area contributed by atoms with Crippen LogP contribution >= 0.6 is 0 Å². The molecule has 6 heteroatoms. The molecule has 0 bridgehead atoms. The first-order chi connectivity index (χ1) is 9.72. The standard InChI is InChI=1S/C14H17N3O3/c15-7-11-2-1-3-12(6-11)16-14(19)8-17-4-5-20-10-13(17)9-18/h1-3,6,13,18H,4-5,8-10H2,(H,16,19). The fourth-order valence-corrected chi connectivity index (χ4v) is 2.12. The average molecular weight is 275 g/mol. The van der Waals surface area contributed by atoms with Gasteiger partial charge in [0, 0.05) is 12.2 Å². The molecule has 1 aromatic carbocycles. The first-order valence-corrected chi connectivity index (χ1v) is 6.45. The van der Waals surface area contributed by atoms with E-state index in [1.54, 1.807) is 24.3 Å². The lowest BCUT2D eigenvalue weighted by molar-refractivity contribution is -0.120. The Bertz CT molecular complexity index is 513. The summed E-state index contributed by atoms with van der Waals surface area (Å²) in [5.74, 6) is -0.166. The third-order valence-electron chi connectivity index (χ3n) is 3.18. The number of anilines is 1. The molecular formula is C14H17N3O3. The van der Waals surface area contributed by atoms with Crippen LogP contribution in [0.3, 0.4) is 0 Å². The zero-order chi connectivity index (χ0) is 14.4. The van der Waals surface area contributed by atoms with Crippen molar-refractivity contribution in [3.05, 3.63) is 29.8 Å². The second-order valence-electron chi connectivity index (χ2n) is 4.62. The van der Waals surface area contributed by atoms with E-state index in [-0.39, 0.29) is 25.1 Å². The number of ether oxygens (including phenoxy) is 1. The number of carbonyl (C=O) groups excluding carboxylic acids is 1. The number of benzene rings is 1. The van der Waals surface area contributed by atoms with E-state index in [1.165, 1.54) is 0 Å². The number of amides is 1. The molecular weight excluding hydrogens is 258 g/mol. The summed E-state index contributed by atoms with van der Waals surface area (Å²) >= 11 is 0. The molecule has 1 aliphatic heterocycles. The highest BCUT2D eigenvalue weighted by Gasteiger charge is 2.24. The van der Waals surface area contributed by atoms with E-state index >= 15 is 0 Å². The van der Waals surface area contributed by atoms with Crippen LogP contribution < -0.4 is 5.32 Å². The highest BCUT2D eigenvalue weighted by molar-refractivity contribution is 5.92. The lowest BCUT2D eigenvalue weighted by atomic mass is 10.2. The molecule has 1 saturated heterocycles. The SMILES string of the molecule is N#Cc1cccc(NC(=O)CN2CCOCC2CO)c1. The summed E-state index contributed by atoms with van der Waals surface area (Å²) in [7, 11) is 0. The number of carbonyl (C=O) groups is 1. The van der Waals surface area contributed by atoms with Crippen molar-refractivity contribution < 1.29 is 14.6 Å². The van der Waals surface area contributed by atoms with Gasteiger partial charge in [-0.1, -0.05) is 6.07 Å². The molecule has 0 spiro atoms. The zero-order valence-electron chi connectivity index (χ0n) is 11.1. The van der Waals surface area contributed by atoms with E-state index in [4.69, 9.17) is 10.00 Å². The van der Waals surface area contributed by atoms with Crippen molar-refractivity contribution in [2.75, 3.05) is 38.2 Å². The number of nitriles is 1. The Hall–Kier alpha value is -1.94. The minimum absolute atomic E-state index is 0.0306. The van der Waals surface area contributed by atoms with Crippen LogP contribution in [0.4, 0.5) is 5.69 Å². The highest BCUT2D eigenvalue weighted by Crippen LogP contribution is 2.11. The van der Waals surface area contributed by atoms with E-state index in [1.807, 2.05) is 11.0 Å². The van der Waals surface area contributed by atoms with Gasteiger partial charge in [-0.15, -0.1) is 0 Å². The number of hydrogen-bond acceptors (Lipinski definition) is 5. The van der Waals surface area contributed by atoms with Crippen LogP contribution in [-0.2, 0) is 9.53 Å². The fourth-order valence-electron chi connectivity index (χ4n) is 2.12. The van der Waals surface area contributed by atoms with E-state index in [2.05, 4.69) is 5.32 Å². The molecule has 2 rings (SSSR count). The lowest BCUT2D eigenvalue weighted by Gasteiger charge is -2.33. The normalized spacial score (nSPS) is 19.3. The predicted octanol–water partition coefficient (Wildman–Crippen LogP) is 0.190. The number of rotatable bonds is 4. The third-order valence-corrected chi connectivity index (χ3v) is 3.18. The Morgan fingerprint density at radius 3 is 3.20 bits per heavy atom. The number of aliphatic hydroxyl groups excluding tert-OH is 1. The lowest BCUT2D eigenvalue weighted by Crippen LogP contribution is -2.50. The van der Waals surface area contributed by atoms with Gasteiger partial charge in [0.25, 0.3) is 0 Å². The topological polar surface area (TPSA) is 85.6 Å². The van der Waals surface area contributed by atoms with Crippen molar-refractivity contribution >= 4 is 11.6 Å². The van der Waals surface area contributed by atoms with Crippen LogP contribution in [0.5, 0.6) is 0 Å². The first kappa shape index (κ1) is 14.5. The van der Waals surface area contributed by atoms with E-state index in [9.17, 15) is 9.90 Å². The maximum atomic E-state index is 12.0. The van der Waals surface area contributed by atoms with Gasteiger partial charge in [0.1, 0.15) is 0 Å². The largest absolute Gasteiger partial charge is 0.395 e. The van der Waals surface area contributed by atoms with Crippen LogP contribution in [0.1, 0.15) is 5.56 Å². The van der Waals surface area contributed by atoms with Gasteiger partial charge in [-0.3, -0.25) is 9.69 Å². The molecule has 1 aromatic rings. The van der Waals surface area contributed by atoms with Gasteiger partial charge < -0.3 is 15.2 Å². The molecule has 0 aromatic heterocycles. The van der Waals surface area contributed by atoms with Gasteiger partial charge in [0.05, 0.1) is 44.0 Å². The summed E-state index contributed by atoms with van der Waals surface area (Å²) in [5, 5.41) is 20.8. The molecule has 106 valence electrons. The second-order valence-corrected chi connectivity index (χ2v) is 4.62. The third kappa shape index (κ3) is 3.78. The molecule has 1 unspecified atom stereocenters. The van der Waals surface area contributed by atoms with Crippen molar-refractivity contribution in [2.45, 2.75) is 6.04 Å². The fraction of sp³-hybridized carbons (Fsp3) is 0.429. The van der Waals surface area contributed by atoms with Crippen LogP contribution in [0.25, 0.3) is 0 Å². The molecule has 0 radical (unpaired) electrons. The molecule has 1 amide bonds. The minimum atomic E-state index is -0.166. The average Bonchev–Trinajstić information content (AvgIpc) is 2.48. The van der Waals surface area contributed by atoms with Gasteiger partial charge in [0.15, 0.2) is 0 Å². The van der Waals surface area contributed by atoms with Crippen LogP contribution in [0.2, 0.25) is 0 Å². The van der Waals surface area contributed by atoms with Crippen LogP contribution in [0.15, 0.2) is 24.3 Å². The van der Waals surface area contributed by atoms with E-state index < -0.39 is 0 Å². The molecule has 2 N–H and O–H groups in total. The predicted molar refractivity (Wildman–Crippen MR) is 73.1 cm³/mol. The number of morpholine rings is 1. The van der Waals surface area contributed by atoms with E-state index in [0.29, 0.717) is 31.0 Å². The Kier molecular flexibility index (Phi) is 5.07. The second kappa shape index (κ2) is 7.01. The molecule has 1 heterocycles. The molecule has 1 atom stereocenters. The smallest absolute Gasteiger partial charge is 0.238 e. The monoisotopic (exact) mass is 275 g/mol. The van der Waals surface area contributed by atoms with Gasteiger partial charge in [-0.05, 0) is 18.2 Å². The summed E-state index contributed by atoms with van der Waals surface area (Å²) in [6.07, 6.45) is 0. The molecule has 0 saturated carbocycles. The summed E-state index contributed by atoms with van der Waals surface area (Å²) in [6.45, 7) is 1.79. The first-order valence-electron chi connectivity index (χ1n) is 6.45. The Morgan fingerprint density at radius 2 is 2.45 bits per heavy atom. The summed E-state index contributed by atoms with van der Waals surface area (Å²) in [6, 6.07) is 8.65. The molecule has 0 aliphatic carbocycles. The molecule has 1 aliphatic rings. The number of nitrogens with zero attached hydrogens (tertiary/aromatic N) is 2. The molecule has 20 heavy (non-hydrogen) atoms. The van der Waals surface area contributed by atoms with Crippen molar-refractivity contribution in [3.63, 3.8) is 0 Å². The van der Waals surface area contributed by atoms with Crippen molar-refractivity contribution in [1.29, 1.82) is 5.26 Å². The maximum absolute atomic E-state index is 12.0. The highest BCUT2D eigenvalue weighted by atomic mass is 16.5.